The highest BCUT2D eigenvalue weighted by Crippen LogP contribution is 2.17. The lowest BCUT2D eigenvalue weighted by Gasteiger charge is -2.23. The first-order valence-corrected chi connectivity index (χ1v) is 6.77. The Bertz CT molecular complexity index is 580. The van der Waals surface area contributed by atoms with Crippen LogP contribution < -0.4 is 10.6 Å². The fraction of sp³-hybridized carbons (Fsp3) is 0.357. The summed E-state index contributed by atoms with van der Waals surface area (Å²) < 4.78 is 2.16. The molecule has 2 amide bonds. The molecule has 3 heterocycles. The van der Waals surface area contributed by atoms with Crippen molar-refractivity contribution in [3.8, 4) is 0 Å². The van der Waals surface area contributed by atoms with E-state index in [0.717, 1.165) is 25.2 Å². The van der Waals surface area contributed by atoms with E-state index in [2.05, 4.69) is 25.2 Å². The molecule has 0 aliphatic carbocycles. The Morgan fingerprint density at radius 3 is 3.15 bits per heavy atom. The van der Waals surface area contributed by atoms with E-state index in [4.69, 9.17) is 0 Å². The van der Waals surface area contributed by atoms with Crippen LogP contribution in [0, 0.1) is 5.92 Å². The van der Waals surface area contributed by atoms with E-state index < -0.39 is 0 Å². The summed E-state index contributed by atoms with van der Waals surface area (Å²) in [4.78, 5) is 20.1. The standard InChI is InChI=1S/C14H17N5O/c20-14(18-12-3-1-2-6-15-12)17-9-11-4-5-13-16-7-8-19(13)10-11/h1-3,6-8,11H,4-5,9-10H2,(H2,15,17,18,20). The van der Waals surface area contributed by atoms with Crippen LogP contribution in [0.3, 0.4) is 0 Å². The van der Waals surface area contributed by atoms with Gasteiger partial charge in [-0.2, -0.15) is 0 Å². The van der Waals surface area contributed by atoms with Crippen molar-refractivity contribution < 1.29 is 4.79 Å². The first-order chi connectivity index (χ1) is 9.81. The van der Waals surface area contributed by atoms with Crippen molar-refractivity contribution in [2.24, 2.45) is 5.92 Å². The number of nitrogens with zero attached hydrogens (tertiary/aromatic N) is 3. The van der Waals surface area contributed by atoms with E-state index in [1.807, 2.05) is 24.5 Å². The number of hydrogen-bond acceptors (Lipinski definition) is 3. The second kappa shape index (κ2) is 5.73. The molecule has 0 saturated heterocycles. The molecule has 6 heteroatoms. The Balaban J connectivity index is 1.47. The zero-order chi connectivity index (χ0) is 13.8. The number of nitrogens with one attached hydrogen (secondary N) is 2. The van der Waals surface area contributed by atoms with Gasteiger partial charge in [0.25, 0.3) is 0 Å². The van der Waals surface area contributed by atoms with Crippen molar-refractivity contribution in [2.75, 3.05) is 11.9 Å². The highest BCUT2D eigenvalue weighted by molar-refractivity contribution is 5.88. The molecule has 0 spiro atoms. The molecule has 0 aromatic carbocycles. The van der Waals surface area contributed by atoms with E-state index in [1.54, 1.807) is 12.3 Å². The number of carbonyl (C=O) groups is 1. The number of rotatable bonds is 3. The average molecular weight is 271 g/mol. The zero-order valence-corrected chi connectivity index (χ0v) is 11.1. The molecule has 2 aromatic heterocycles. The number of hydrogen-bond donors (Lipinski definition) is 2. The Morgan fingerprint density at radius 1 is 1.35 bits per heavy atom. The Labute approximate surface area is 117 Å². The minimum atomic E-state index is -0.208. The number of imidazole rings is 1. The summed E-state index contributed by atoms with van der Waals surface area (Å²) in [5.41, 5.74) is 0. The van der Waals surface area contributed by atoms with E-state index in [1.165, 1.54) is 0 Å². The number of amides is 2. The average Bonchev–Trinajstić information content (AvgIpc) is 2.93. The number of fused-ring (bicyclic) bond motifs is 1. The number of aryl methyl sites for hydroxylation is 1. The van der Waals surface area contributed by atoms with E-state index in [9.17, 15) is 4.79 Å². The Morgan fingerprint density at radius 2 is 2.30 bits per heavy atom. The van der Waals surface area contributed by atoms with Crippen LogP contribution in [-0.4, -0.2) is 27.1 Å². The highest BCUT2D eigenvalue weighted by Gasteiger charge is 2.19. The lowest BCUT2D eigenvalue weighted by Crippen LogP contribution is -2.36. The predicted molar refractivity (Wildman–Crippen MR) is 75.3 cm³/mol. The fourth-order valence-corrected chi connectivity index (χ4v) is 2.44. The molecule has 0 radical (unpaired) electrons. The summed E-state index contributed by atoms with van der Waals surface area (Å²) in [6.45, 7) is 1.58. The lowest BCUT2D eigenvalue weighted by molar-refractivity contribution is 0.247. The molecule has 0 bridgehead atoms. The maximum absolute atomic E-state index is 11.8. The van der Waals surface area contributed by atoms with Gasteiger partial charge in [-0.15, -0.1) is 0 Å². The van der Waals surface area contributed by atoms with Gasteiger partial charge < -0.3 is 9.88 Å². The monoisotopic (exact) mass is 271 g/mol. The molecule has 0 saturated carbocycles. The normalized spacial score (nSPS) is 17.3. The number of aromatic nitrogens is 3. The first kappa shape index (κ1) is 12.7. The van der Waals surface area contributed by atoms with Gasteiger partial charge in [-0.05, 0) is 24.5 Å². The minimum Gasteiger partial charge on any atom is -0.337 e. The zero-order valence-electron chi connectivity index (χ0n) is 11.1. The molecule has 2 N–H and O–H groups in total. The topological polar surface area (TPSA) is 71.8 Å². The molecule has 6 nitrogen and oxygen atoms in total. The van der Waals surface area contributed by atoms with Crippen LogP contribution in [0.15, 0.2) is 36.8 Å². The van der Waals surface area contributed by atoms with Crippen LogP contribution in [0.5, 0.6) is 0 Å². The van der Waals surface area contributed by atoms with E-state index in [0.29, 0.717) is 18.3 Å². The Kier molecular flexibility index (Phi) is 3.62. The minimum absolute atomic E-state index is 0.208. The highest BCUT2D eigenvalue weighted by atomic mass is 16.2. The smallest absolute Gasteiger partial charge is 0.320 e. The van der Waals surface area contributed by atoms with Gasteiger partial charge in [0.05, 0.1) is 0 Å². The molecule has 1 aliphatic heterocycles. The van der Waals surface area contributed by atoms with Gasteiger partial charge in [0.15, 0.2) is 0 Å². The van der Waals surface area contributed by atoms with Crippen molar-refractivity contribution in [3.63, 3.8) is 0 Å². The third-order valence-electron chi connectivity index (χ3n) is 3.49. The Hall–Kier alpha value is -2.37. The summed E-state index contributed by atoms with van der Waals surface area (Å²) in [5.74, 6) is 2.15. The summed E-state index contributed by atoms with van der Waals surface area (Å²) in [5, 5.41) is 5.62. The van der Waals surface area contributed by atoms with Gasteiger partial charge >= 0.3 is 6.03 Å². The molecular weight excluding hydrogens is 254 g/mol. The molecule has 2 aromatic rings. The van der Waals surface area contributed by atoms with Gasteiger partial charge in [0, 0.05) is 38.1 Å². The second-order valence-electron chi connectivity index (χ2n) is 4.95. The SMILES string of the molecule is O=C(NCC1CCc2nccn2C1)Nc1ccccn1. The maximum atomic E-state index is 11.8. The van der Waals surface area contributed by atoms with Crippen molar-refractivity contribution >= 4 is 11.8 Å². The van der Waals surface area contributed by atoms with Crippen molar-refractivity contribution in [3.05, 3.63) is 42.6 Å². The van der Waals surface area contributed by atoms with Crippen molar-refractivity contribution in [1.82, 2.24) is 19.9 Å². The summed E-state index contributed by atoms with van der Waals surface area (Å²) >= 11 is 0. The van der Waals surface area contributed by atoms with Crippen LogP contribution >= 0.6 is 0 Å². The van der Waals surface area contributed by atoms with Gasteiger partial charge in [-0.25, -0.2) is 14.8 Å². The maximum Gasteiger partial charge on any atom is 0.320 e. The molecule has 104 valence electrons. The van der Waals surface area contributed by atoms with Crippen LogP contribution in [-0.2, 0) is 13.0 Å². The predicted octanol–water partition coefficient (Wildman–Crippen LogP) is 1.66. The van der Waals surface area contributed by atoms with Gasteiger partial charge in [0.2, 0.25) is 0 Å². The fourth-order valence-electron chi connectivity index (χ4n) is 2.44. The summed E-state index contributed by atoms with van der Waals surface area (Å²) in [6.07, 6.45) is 7.51. The van der Waals surface area contributed by atoms with Gasteiger partial charge in [-0.1, -0.05) is 6.07 Å². The molecule has 1 aliphatic rings. The number of pyridine rings is 1. The number of anilines is 1. The van der Waals surface area contributed by atoms with Gasteiger partial charge in [0.1, 0.15) is 11.6 Å². The molecule has 1 atom stereocenters. The first-order valence-electron chi connectivity index (χ1n) is 6.77. The summed E-state index contributed by atoms with van der Waals surface area (Å²) in [6, 6.07) is 5.20. The van der Waals surface area contributed by atoms with Crippen molar-refractivity contribution in [1.29, 1.82) is 0 Å². The quantitative estimate of drug-likeness (QED) is 0.891. The van der Waals surface area contributed by atoms with Crippen molar-refractivity contribution in [2.45, 2.75) is 19.4 Å². The molecule has 20 heavy (non-hydrogen) atoms. The van der Waals surface area contributed by atoms with Crippen LogP contribution in [0.2, 0.25) is 0 Å². The molecule has 1 unspecified atom stereocenters. The third-order valence-corrected chi connectivity index (χ3v) is 3.49. The molecular formula is C14H17N5O. The molecule has 3 rings (SSSR count). The second-order valence-corrected chi connectivity index (χ2v) is 4.95. The number of urea groups is 1. The molecule has 0 fully saturated rings. The number of carbonyl (C=O) groups excluding carboxylic acids is 1. The van der Waals surface area contributed by atoms with Crippen LogP contribution in [0.4, 0.5) is 10.6 Å². The third kappa shape index (κ3) is 2.96. The van der Waals surface area contributed by atoms with Crippen LogP contribution in [0.25, 0.3) is 0 Å². The van der Waals surface area contributed by atoms with Gasteiger partial charge in [-0.3, -0.25) is 5.32 Å². The van der Waals surface area contributed by atoms with E-state index >= 15 is 0 Å². The van der Waals surface area contributed by atoms with E-state index in [-0.39, 0.29) is 6.03 Å². The van der Waals surface area contributed by atoms with Crippen LogP contribution in [0.1, 0.15) is 12.2 Å². The summed E-state index contributed by atoms with van der Waals surface area (Å²) in [7, 11) is 0. The lowest BCUT2D eigenvalue weighted by atomic mass is 9.99. The largest absolute Gasteiger partial charge is 0.337 e.